The first-order chi connectivity index (χ1) is 10.1. The van der Waals surface area contributed by atoms with E-state index in [9.17, 15) is 4.79 Å². The lowest BCUT2D eigenvalue weighted by Crippen LogP contribution is -2.08. The van der Waals surface area contributed by atoms with Crippen LogP contribution in [0.5, 0.6) is 5.75 Å². The summed E-state index contributed by atoms with van der Waals surface area (Å²) in [6.07, 6.45) is 0. The molecule has 2 aromatic rings. The molecule has 0 aliphatic rings. The van der Waals surface area contributed by atoms with Gasteiger partial charge in [-0.1, -0.05) is 18.2 Å². The van der Waals surface area contributed by atoms with Crippen molar-refractivity contribution in [3.05, 3.63) is 53.6 Å². The number of benzene rings is 2. The van der Waals surface area contributed by atoms with Gasteiger partial charge < -0.3 is 15.4 Å². The number of carbonyl (C=O) groups is 1. The molecule has 0 radical (unpaired) electrons. The Labute approximate surface area is 125 Å². The zero-order valence-electron chi connectivity index (χ0n) is 12.6. The summed E-state index contributed by atoms with van der Waals surface area (Å²) in [7, 11) is 1.66. The Bertz CT molecular complexity index is 621. The monoisotopic (exact) mass is 284 g/mol. The molecule has 110 valence electrons. The van der Waals surface area contributed by atoms with Crippen molar-refractivity contribution in [1.29, 1.82) is 0 Å². The van der Waals surface area contributed by atoms with Crippen LogP contribution in [0.15, 0.2) is 42.5 Å². The van der Waals surface area contributed by atoms with Gasteiger partial charge in [-0.25, -0.2) is 0 Å². The smallest absolute Gasteiger partial charge is 0.221 e. The van der Waals surface area contributed by atoms with Crippen molar-refractivity contribution >= 4 is 17.3 Å². The molecule has 0 aliphatic carbocycles. The molecule has 0 unspecified atom stereocenters. The summed E-state index contributed by atoms with van der Waals surface area (Å²) < 4.78 is 5.14. The molecule has 0 spiro atoms. The van der Waals surface area contributed by atoms with Crippen molar-refractivity contribution in [3.8, 4) is 5.75 Å². The zero-order chi connectivity index (χ0) is 15.2. The molecular formula is C17H20N2O2. The van der Waals surface area contributed by atoms with Gasteiger partial charge in [-0.3, -0.25) is 4.79 Å². The number of ether oxygens (including phenoxy) is 1. The Hall–Kier alpha value is -2.49. The number of carbonyl (C=O) groups excluding carboxylic acids is 1. The molecule has 4 nitrogen and oxygen atoms in total. The lowest BCUT2D eigenvalue weighted by atomic mass is 10.1. The minimum atomic E-state index is -0.0644. The van der Waals surface area contributed by atoms with Gasteiger partial charge in [0.25, 0.3) is 0 Å². The summed E-state index contributed by atoms with van der Waals surface area (Å²) in [6.45, 7) is 4.20. The topological polar surface area (TPSA) is 50.4 Å². The third kappa shape index (κ3) is 4.24. The molecule has 0 bridgehead atoms. The van der Waals surface area contributed by atoms with Crippen LogP contribution < -0.4 is 15.4 Å². The third-order valence-electron chi connectivity index (χ3n) is 3.20. The maximum absolute atomic E-state index is 11.2. The molecule has 0 saturated heterocycles. The predicted octanol–water partition coefficient (Wildman–Crippen LogP) is 3.57. The summed E-state index contributed by atoms with van der Waals surface area (Å²) in [6, 6.07) is 13.9. The molecule has 4 heteroatoms. The maximum atomic E-state index is 11.2. The van der Waals surface area contributed by atoms with Crippen LogP contribution in [0.25, 0.3) is 0 Å². The number of amides is 1. The van der Waals surface area contributed by atoms with Crippen molar-refractivity contribution < 1.29 is 9.53 Å². The highest BCUT2D eigenvalue weighted by atomic mass is 16.5. The zero-order valence-corrected chi connectivity index (χ0v) is 12.6. The summed E-state index contributed by atoms with van der Waals surface area (Å²) in [5, 5.41) is 6.18. The van der Waals surface area contributed by atoms with Gasteiger partial charge in [0.2, 0.25) is 5.91 Å². The quantitative estimate of drug-likeness (QED) is 0.882. The van der Waals surface area contributed by atoms with Crippen molar-refractivity contribution in [1.82, 2.24) is 0 Å². The second kappa shape index (κ2) is 6.79. The number of methoxy groups -OCH3 is 1. The van der Waals surface area contributed by atoms with Crippen LogP contribution in [0.2, 0.25) is 0 Å². The van der Waals surface area contributed by atoms with E-state index in [1.807, 2.05) is 49.4 Å². The minimum absolute atomic E-state index is 0.0644. The molecule has 0 heterocycles. The van der Waals surface area contributed by atoms with Gasteiger partial charge in [0.1, 0.15) is 5.75 Å². The molecular weight excluding hydrogens is 264 g/mol. The molecule has 0 aliphatic heterocycles. The molecule has 21 heavy (non-hydrogen) atoms. The normalized spacial score (nSPS) is 10.0. The Balaban J connectivity index is 2.03. The SMILES string of the molecule is COc1ccc(CNc2ccc(C)c(NC(C)=O)c2)cc1. The first-order valence-electron chi connectivity index (χ1n) is 6.83. The van der Waals surface area contributed by atoms with Gasteiger partial charge in [-0.05, 0) is 42.3 Å². The van der Waals surface area contributed by atoms with Gasteiger partial charge >= 0.3 is 0 Å². The number of anilines is 2. The van der Waals surface area contributed by atoms with Gasteiger partial charge in [-0.15, -0.1) is 0 Å². The van der Waals surface area contributed by atoms with Gasteiger partial charge in [0.15, 0.2) is 0 Å². The predicted molar refractivity (Wildman–Crippen MR) is 85.8 cm³/mol. The van der Waals surface area contributed by atoms with E-state index in [2.05, 4.69) is 10.6 Å². The summed E-state index contributed by atoms with van der Waals surface area (Å²) in [5.41, 5.74) is 4.01. The second-order valence-electron chi connectivity index (χ2n) is 4.91. The molecule has 0 saturated carbocycles. The van der Waals surface area contributed by atoms with Crippen LogP contribution in [0, 0.1) is 6.92 Å². The molecule has 0 aromatic heterocycles. The average Bonchev–Trinajstić information content (AvgIpc) is 2.48. The maximum Gasteiger partial charge on any atom is 0.221 e. The Morgan fingerprint density at radius 2 is 1.86 bits per heavy atom. The van der Waals surface area contributed by atoms with Crippen molar-refractivity contribution in [3.63, 3.8) is 0 Å². The van der Waals surface area contributed by atoms with E-state index in [0.717, 1.165) is 28.3 Å². The van der Waals surface area contributed by atoms with E-state index < -0.39 is 0 Å². The first-order valence-corrected chi connectivity index (χ1v) is 6.83. The summed E-state index contributed by atoms with van der Waals surface area (Å²) >= 11 is 0. The molecule has 0 atom stereocenters. The average molecular weight is 284 g/mol. The number of nitrogens with one attached hydrogen (secondary N) is 2. The summed E-state index contributed by atoms with van der Waals surface area (Å²) in [5.74, 6) is 0.785. The van der Waals surface area contributed by atoms with E-state index in [1.165, 1.54) is 6.92 Å². The molecule has 2 N–H and O–H groups in total. The van der Waals surface area contributed by atoms with E-state index in [1.54, 1.807) is 7.11 Å². The second-order valence-corrected chi connectivity index (χ2v) is 4.91. The Morgan fingerprint density at radius 1 is 1.14 bits per heavy atom. The molecule has 2 aromatic carbocycles. The lowest BCUT2D eigenvalue weighted by Gasteiger charge is -2.11. The minimum Gasteiger partial charge on any atom is -0.497 e. The number of aryl methyl sites for hydroxylation is 1. The van der Waals surface area contributed by atoms with E-state index in [4.69, 9.17) is 4.74 Å². The first kappa shape index (κ1) is 14.9. The molecule has 0 fully saturated rings. The van der Waals surface area contributed by atoms with Crippen LogP contribution in [-0.2, 0) is 11.3 Å². The van der Waals surface area contributed by atoms with Crippen molar-refractivity contribution in [2.24, 2.45) is 0 Å². The van der Waals surface area contributed by atoms with E-state index in [0.29, 0.717) is 6.54 Å². The third-order valence-corrected chi connectivity index (χ3v) is 3.20. The van der Waals surface area contributed by atoms with E-state index >= 15 is 0 Å². The van der Waals surface area contributed by atoms with Crippen molar-refractivity contribution in [2.75, 3.05) is 17.7 Å². The van der Waals surface area contributed by atoms with Crippen LogP contribution >= 0.6 is 0 Å². The highest BCUT2D eigenvalue weighted by Crippen LogP contribution is 2.21. The van der Waals surface area contributed by atoms with Gasteiger partial charge in [0.05, 0.1) is 7.11 Å². The highest BCUT2D eigenvalue weighted by molar-refractivity contribution is 5.90. The number of rotatable bonds is 5. The molecule has 2 rings (SSSR count). The van der Waals surface area contributed by atoms with Crippen LogP contribution in [0.1, 0.15) is 18.1 Å². The lowest BCUT2D eigenvalue weighted by molar-refractivity contribution is -0.114. The van der Waals surface area contributed by atoms with Crippen LogP contribution in [0.4, 0.5) is 11.4 Å². The Kier molecular flexibility index (Phi) is 4.82. The Morgan fingerprint density at radius 3 is 2.48 bits per heavy atom. The van der Waals surface area contributed by atoms with E-state index in [-0.39, 0.29) is 5.91 Å². The number of hydrogen-bond donors (Lipinski definition) is 2. The fraction of sp³-hybridized carbons (Fsp3) is 0.235. The van der Waals surface area contributed by atoms with Gasteiger partial charge in [-0.2, -0.15) is 0 Å². The summed E-state index contributed by atoms with van der Waals surface area (Å²) in [4.78, 5) is 11.2. The van der Waals surface area contributed by atoms with Crippen molar-refractivity contribution in [2.45, 2.75) is 20.4 Å². The van der Waals surface area contributed by atoms with Crippen LogP contribution in [0.3, 0.4) is 0 Å². The fourth-order valence-electron chi connectivity index (χ4n) is 2.00. The van der Waals surface area contributed by atoms with Gasteiger partial charge in [0, 0.05) is 24.8 Å². The largest absolute Gasteiger partial charge is 0.497 e. The highest BCUT2D eigenvalue weighted by Gasteiger charge is 2.02. The number of hydrogen-bond acceptors (Lipinski definition) is 3. The fourth-order valence-corrected chi connectivity index (χ4v) is 2.00. The molecule has 1 amide bonds. The van der Waals surface area contributed by atoms with Crippen LogP contribution in [-0.4, -0.2) is 13.0 Å². The standard InChI is InChI=1S/C17H20N2O2/c1-12-4-7-15(10-17(12)19-13(2)20)18-11-14-5-8-16(21-3)9-6-14/h4-10,18H,11H2,1-3H3,(H,19,20).